The van der Waals surface area contributed by atoms with Crippen LogP contribution in [0.4, 0.5) is 5.69 Å². The average Bonchev–Trinajstić information content (AvgIpc) is 2.86. The van der Waals surface area contributed by atoms with Gasteiger partial charge < -0.3 is 32.1 Å². The first-order chi connectivity index (χ1) is 18.2. The molecule has 1 aromatic rings. The van der Waals surface area contributed by atoms with E-state index >= 15 is 0 Å². The molecule has 1 fully saturated rings. The summed E-state index contributed by atoms with van der Waals surface area (Å²) in [6, 6.07) is 3.00. The first-order valence-corrected chi connectivity index (χ1v) is 15.4. The number of carboxylic acid groups (broad SMARTS) is 3. The summed E-state index contributed by atoms with van der Waals surface area (Å²) in [6.07, 6.45) is 6.78. The molecule has 0 heterocycles. The second-order valence-corrected chi connectivity index (χ2v) is 12.0. The molecule has 2 rings (SSSR count). The number of nitrogen functional groups attached to an aromatic ring is 1. The van der Waals surface area contributed by atoms with Crippen LogP contribution < -0.4 is 16.8 Å². The highest BCUT2D eigenvalue weighted by Gasteiger charge is 2.19. The number of carboxylic acids is 3. The molecule has 11 nitrogen and oxygen atoms in total. The van der Waals surface area contributed by atoms with E-state index in [9.17, 15) is 19.2 Å². The zero-order valence-electron chi connectivity index (χ0n) is 21.9. The van der Waals surface area contributed by atoms with Gasteiger partial charge in [0.2, 0.25) is 5.91 Å². The molecule has 1 aliphatic rings. The maximum Gasteiger partial charge on any atom is 0.327 e. The summed E-state index contributed by atoms with van der Waals surface area (Å²) in [5.74, 6) is -3.38. The Morgan fingerprint density at radius 3 is 2.15 bits per heavy atom. The Hall–Kier alpha value is -1.52. The van der Waals surface area contributed by atoms with Gasteiger partial charge in [-0.2, -0.15) is 12.6 Å². The van der Waals surface area contributed by atoms with E-state index in [-0.39, 0.29) is 23.2 Å². The fourth-order valence-electron chi connectivity index (χ4n) is 3.46. The number of hydrogen-bond acceptors (Lipinski definition) is 9. The number of rotatable bonds is 11. The Kier molecular flexibility index (Phi) is 19.6. The molecule has 2 atom stereocenters. The quantitative estimate of drug-likeness (QED) is 0.131. The lowest BCUT2D eigenvalue weighted by Crippen LogP contribution is -2.40. The van der Waals surface area contributed by atoms with Crippen molar-refractivity contribution >= 4 is 85.8 Å². The van der Waals surface area contributed by atoms with E-state index in [2.05, 4.69) is 67.8 Å². The van der Waals surface area contributed by atoms with Crippen molar-refractivity contribution in [1.82, 2.24) is 10.2 Å². The van der Waals surface area contributed by atoms with Gasteiger partial charge >= 0.3 is 17.9 Å². The third kappa shape index (κ3) is 17.0. The third-order valence-electron chi connectivity index (χ3n) is 5.50. The van der Waals surface area contributed by atoms with Crippen LogP contribution in [0.5, 0.6) is 0 Å². The molecule has 1 aromatic carbocycles. The van der Waals surface area contributed by atoms with Gasteiger partial charge in [-0.15, -0.1) is 11.8 Å². The second-order valence-electron chi connectivity index (χ2n) is 8.79. The van der Waals surface area contributed by atoms with Gasteiger partial charge in [-0.3, -0.25) is 19.3 Å². The number of thiol groups is 1. The first-order valence-electron chi connectivity index (χ1n) is 12.0. The average molecular weight is 719 g/mol. The molecular formula is C24H38Br2N4O7S2. The van der Waals surface area contributed by atoms with Crippen molar-refractivity contribution in [2.45, 2.75) is 63.7 Å². The minimum absolute atomic E-state index is 0.106. The minimum atomic E-state index is -1.11. The number of benzene rings is 1. The molecule has 0 radical (unpaired) electrons. The van der Waals surface area contributed by atoms with Crippen molar-refractivity contribution in [3.05, 3.63) is 26.6 Å². The molecule has 0 spiro atoms. The minimum Gasteiger partial charge on any atom is -0.481 e. The summed E-state index contributed by atoms with van der Waals surface area (Å²) in [6.45, 7) is 2.19. The number of thioether (sulfide) groups is 1. The molecule has 0 aromatic heterocycles. The molecule has 0 bridgehead atoms. The van der Waals surface area contributed by atoms with E-state index in [4.69, 9.17) is 26.8 Å². The van der Waals surface area contributed by atoms with Crippen LogP contribution in [0.25, 0.3) is 0 Å². The van der Waals surface area contributed by atoms with E-state index in [0.717, 1.165) is 39.0 Å². The molecule has 1 aliphatic carbocycles. The van der Waals surface area contributed by atoms with Crippen molar-refractivity contribution < 1.29 is 34.5 Å². The van der Waals surface area contributed by atoms with Gasteiger partial charge in [0.05, 0.1) is 11.4 Å². The van der Waals surface area contributed by atoms with Gasteiger partial charge in [0.15, 0.2) is 0 Å². The Balaban J connectivity index is 0.000000597. The second kappa shape index (κ2) is 20.4. The topological polar surface area (TPSA) is 196 Å². The Morgan fingerprint density at radius 1 is 1.13 bits per heavy atom. The molecule has 0 unspecified atom stereocenters. The van der Waals surface area contributed by atoms with Gasteiger partial charge in [0, 0.05) is 40.0 Å². The molecular weight excluding hydrogens is 680 g/mol. The normalized spacial score (nSPS) is 14.6. The van der Waals surface area contributed by atoms with Gasteiger partial charge in [-0.25, -0.2) is 4.79 Å². The van der Waals surface area contributed by atoms with Crippen molar-refractivity contribution in [3.8, 4) is 0 Å². The maximum atomic E-state index is 10.3. The van der Waals surface area contributed by atoms with Crippen LogP contribution in [-0.4, -0.2) is 86.5 Å². The Morgan fingerprint density at radius 2 is 1.72 bits per heavy atom. The van der Waals surface area contributed by atoms with Crippen molar-refractivity contribution in [3.63, 3.8) is 0 Å². The summed E-state index contributed by atoms with van der Waals surface area (Å²) in [4.78, 5) is 43.0. The van der Waals surface area contributed by atoms with Crippen LogP contribution in [0.2, 0.25) is 0 Å². The lowest BCUT2D eigenvalue weighted by Gasteiger charge is -2.31. The smallest absolute Gasteiger partial charge is 0.327 e. The van der Waals surface area contributed by atoms with Crippen molar-refractivity contribution in [2.24, 2.45) is 5.73 Å². The number of aliphatic carboxylic acids is 3. The summed E-state index contributed by atoms with van der Waals surface area (Å²) in [7, 11) is 2.21. The number of nitrogens with one attached hydrogen (secondary N) is 1. The molecule has 15 heteroatoms. The van der Waals surface area contributed by atoms with Crippen LogP contribution in [-0.2, 0) is 25.7 Å². The molecule has 1 amide bonds. The summed E-state index contributed by atoms with van der Waals surface area (Å²) < 4.78 is 2.06. The molecule has 1 saturated carbocycles. The number of carbonyl (C=O) groups is 4. The summed E-state index contributed by atoms with van der Waals surface area (Å²) in [5, 5.41) is 27.0. The number of hydrogen-bond donors (Lipinski definition) is 7. The SMILES string of the molecule is CC(=O)N[C@@H](CS)C(=O)O.CN(Cc1cc(Br)cc(Br)c1N)C1CCCCC1.N[C@@H](CSCC(=O)O)C(=O)O. The van der Waals surface area contributed by atoms with E-state index in [1.807, 2.05) is 6.07 Å². The van der Waals surface area contributed by atoms with E-state index in [1.54, 1.807) is 0 Å². The number of amides is 1. The van der Waals surface area contributed by atoms with Gasteiger partial charge in [-0.05, 0) is 53.5 Å². The number of carbonyl (C=O) groups excluding carboxylic acids is 1. The van der Waals surface area contributed by atoms with Crippen LogP contribution >= 0.6 is 56.3 Å². The van der Waals surface area contributed by atoms with Crippen LogP contribution in [0.1, 0.15) is 44.6 Å². The lowest BCUT2D eigenvalue weighted by molar-refractivity contribution is -0.140. The molecule has 39 heavy (non-hydrogen) atoms. The standard InChI is InChI=1S/C14H20Br2N2.C5H9NO4S.C5H9NO3S/c1-18(12-5-3-2-4-6-12)9-10-7-11(15)8-13(16)14(10)17;6-3(5(9)10)1-11-2-4(7)8;1-3(7)6-4(2-10)5(8)9/h7-8,12H,2-6,9,17H2,1H3;3H,1-2,6H2,(H,7,8)(H,9,10);4,10H,2H2,1H3,(H,6,7)(H,8,9)/t;3-;4-/m.00/s1. The van der Waals surface area contributed by atoms with E-state index in [1.165, 1.54) is 44.6 Å². The fraction of sp³-hybridized carbons (Fsp3) is 0.583. The number of nitrogens with zero attached hydrogens (tertiary/aromatic N) is 1. The highest BCUT2D eigenvalue weighted by molar-refractivity contribution is 9.11. The van der Waals surface area contributed by atoms with E-state index in [0.29, 0.717) is 0 Å². The lowest BCUT2D eigenvalue weighted by atomic mass is 9.94. The van der Waals surface area contributed by atoms with Crippen LogP contribution in [0.15, 0.2) is 21.1 Å². The third-order valence-corrected chi connectivity index (χ3v) is 8.02. The van der Waals surface area contributed by atoms with Gasteiger partial charge in [-0.1, -0.05) is 35.2 Å². The van der Waals surface area contributed by atoms with Crippen molar-refractivity contribution in [2.75, 3.05) is 30.0 Å². The monoisotopic (exact) mass is 716 g/mol. The zero-order chi connectivity index (χ0) is 30.1. The summed E-state index contributed by atoms with van der Waals surface area (Å²) >= 11 is 11.8. The molecule has 8 N–H and O–H groups in total. The number of anilines is 1. The Labute approximate surface area is 255 Å². The zero-order valence-corrected chi connectivity index (χ0v) is 26.8. The largest absolute Gasteiger partial charge is 0.481 e. The predicted molar refractivity (Wildman–Crippen MR) is 164 cm³/mol. The number of nitrogens with two attached hydrogens (primary N) is 2. The fourth-order valence-corrected chi connectivity index (χ4v) is 5.71. The highest BCUT2D eigenvalue weighted by Crippen LogP contribution is 2.30. The van der Waals surface area contributed by atoms with Crippen molar-refractivity contribution in [1.29, 1.82) is 0 Å². The highest BCUT2D eigenvalue weighted by atomic mass is 79.9. The molecule has 0 saturated heterocycles. The first kappa shape index (κ1) is 37.5. The van der Waals surface area contributed by atoms with E-state index < -0.39 is 30.0 Å². The van der Waals surface area contributed by atoms with Crippen LogP contribution in [0.3, 0.4) is 0 Å². The maximum absolute atomic E-state index is 10.3. The van der Waals surface area contributed by atoms with Gasteiger partial charge in [0.25, 0.3) is 0 Å². The summed E-state index contributed by atoms with van der Waals surface area (Å²) in [5.41, 5.74) is 13.3. The number of halogens is 2. The molecule has 222 valence electrons. The van der Waals surface area contributed by atoms with Gasteiger partial charge in [0.1, 0.15) is 12.1 Å². The Bertz CT molecular complexity index is 953. The molecule has 0 aliphatic heterocycles. The predicted octanol–water partition coefficient (Wildman–Crippen LogP) is 3.28. The van der Waals surface area contributed by atoms with Crippen LogP contribution in [0, 0.1) is 0 Å².